The van der Waals surface area contributed by atoms with Gasteiger partial charge in [0.1, 0.15) is 5.15 Å². The van der Waals surface area contributed by atoms with Gasteiger partial charge in [-0.1, -0.05) is 23.2 Å². The molecule has 0 aliphatic rings. The monoisotopic (exact) mass is 284 g/mol. The van der Waals surface area contributed by atoms with Crippen molar-refractivity contribution in [2.45, 2.75) is 6.92 Å². The van der Waals surface area contributed by atoms with E-state index < -0.39 is 5.97 Å². The van der Waals surface area contributed by atoms with Gasteiger partial charge in [0, 0.05) is 11.1 Å². The van der Waals surface area contributed by atoms with Crippen LogP contribution >= 0.6 is 23.2 Å². The van der Waals surface area contributed by atoms with Crippen molar-refractivity contribution in [2.75, 3.05) is 6.61 Å². The molecule has 0 saturated carbocycles. The normalized spacial score (nSPS) is 10.4. The molecule has 0 aliphatic heterocycles. The van der Waals surface area contributed by atoms with Crippen molar-refractivity contribution in [3.8, 4) is 5.69 Å². The van der Waals surface area contributed by atoms with Gasteiger partial charge < -0.3 is 4.74 Å². The van der Waals surface area contributed by atoms with E-state index in [0.717, 1.165) is 5.69 Å². The Balaban J connectivity index is 2.34. The van der Waals surface area contributed by atoms with Crippen LogP contribution in [0.5, 0.6) is 0 Å². The molecule has 18 heavy (non-hydrogen) atoms. The molecule has 94 valence electrons. The van der Waals surface area contributed by atoms with Gasteiger partial charge in [-0.2, -0.15) is 5.10 Å². The highest BCUT2D eigenvalue weighted by Crippen LogP contribution is 2.19. The molecule has 0 atom stereocenters. The summed E-state index contributed by atoms with van der Waals surface area (Å²) >= 11 is 11.8. The number of rotatable bonds is 3. The molecular weight excluding hydrogens is 275 g/mol. The van der Waals surface area contributed by atoms with Crippen molar-refractivity contribution in [3.05, 3.63) is 46.2 Å². The van der Waals surface area contributed by atoms with Crippen LogP contribution in [0.15, 0.2) is 30.3 Å². The first kappa shape index (κ1) is 12.9. The smallest absolute Gasteiger partial charge is 0.358 e. The molecular formula is C12H10Cl2N2O2. The van der Waals surface area contributed by atoms with Crippen molar-refractivity contribution in [1.29, 1.82) is 0 Å². The maximum Gasteiger partial charge on any atom is 0.358 e. The molecule has 2 rings (SSSR count). The van der Waals surface area contributed by atoms with Gasteiger partial charge in [-0.15, -0.1) is 0 Å². The fourth-order valence-electron chi connectivity index (χ4n) is 1.43. The predicted molar refractivity (Wildman–Crippen MR) is 69.5 cm³/mol. The molecule has 0 bridgehead atoms. The van der Waals surface area contributed by atoms with Crippen LogP contribution in [-0.2, 0) is 4.74 Å². The number of carbonyl (C=O) groups excluding carboxylic acids is 1. The van der Waals surface area contributed by atoms with Crippen molar-refractivity contribution in [3.63, 3.8) is 0 Å². The number of nitrogens with zero attached hydrogens (tertiary/aromatic N) is 2. The summed E-state index contributed by atoms with van der Waals surface area (Å²) in [4.78, 5) is 11.5. The number of esters is 1. The SMILES string of the molecule is CCOC(=O)c1cc(Cl)n(-c2ccc(Cl)cc2)n1. The van der Waals surface area contributed by atoms with Gasteiger partial charge in [0.2, 0.25) is 0 Å². The van der Waals surface area contributed by atoms with Crippen LogP contribution < -0.4 is 0 Å². The van der Waals surface area contributed by atoms with E-state index in [4.69, 9.17) is 27.9 Å². The zero-order valence-corrected chi connectivity index (χ0v) is 11.1. The van der Waals surface area contributed by atoms with Crippen LogP contribution in [0.1, 0.15) is 17.4 Å². The molecule has 0 spiro atoms. The number of hydrogen-bond acceptors (Lipinski definition) is 3. The van der Waals surface area contributed by atoms with Gasteiger partial charge >= 0.3 is 5.97 Å². The van der Waals surface area contributed by atoms with Gasteiger partial charge in [-0.3, -0.25) is 0 Å². The van der Waals surface area contributed by atoms with E-state index in [0.29, 0.717) is 16.8 Å². The summed E-state index contributed by atoms with van der Waals surface area (Å²) in [5.74, 6) is -0.493. The average Bonchev–Trinajstić information content (AvgIpc) is 2.73. The summed E-state index contributed by atoms with van der Waals surface area (Å²) in [6, 6.07) is 8.43. The lowest BCUT2D eigenvalue weighted by Crippen LogP contribution is -2.06. The van der Waals surface area contributed by atoms with Gasteiger partial charge in [0.05, 0.1) is 12.3 Å². The summed E-state index contributed by atoms with van der Waals surface area (Å²) in [5, 5.41) is 5.05. The van der Waals surface area contributed by atoms with E-state index in [-0.39, 0.29) is 5.69 Å². The summed E-state index contributed by atoms with van der Waals surface area (Å²) in [5.41, 5.74) is 0.900. The molecule has 0 radical (unpaired) electrons. The summed E-state index contributed by atoms with van der Waals surface area (Å²) in [6.45, 7) is 2.03. The molecule has 1 heterocycles. The first-order chi connectivity index (χ1) is 8.61. The molecule has 0 unspecified atom stereocenters. The van der Waals surface area contributed by atoms with E-state index in [1.165, 1.54) is 10.7 Å². The third kappa shape index (κ3) is 2.66. The van der Waals surface area contributed by atoms with Crippen LogP contribution in [0.4, 0.5) is 0 Å². The molecule has 1 aromatic heterocycles. The number of halogens is 2. The molecule has 0 amide bonds. The van der Waals surface area contributed by atoms with E-state index in [9.17, 15) is 4.79 Å². The highest BCUT2D eigenvalue weighted by Gasteiger charge is 2.14. The zero-order valence-electron chi connectivity index (χ0n) is 9.56. The molecule has 0 fully saturated rings. The lowest BCUT2D eigenvalue weighted by Gasteiger charge is -2.02. The van der Waals surface area contributed by atoms with E-state index in [1.807, 2.05) is 0 Å². The Morgan fingerprint density at radius 1 is 1.33 bits per heavy atom. The highest BCUT2D eigenvalue weighted by molar-refractivity contribution is 6.31. The van der Waals surface area contributed by atoms with E-state index in [2.05, 4.69) is 5.10 Å². The van der Waals surface area contributed by atoms with Gasteiger partial charge in [0.15, 0.2) is 5.69 Å². The number of carbonyl (C=O) groups is 1. The predicted octanol–water partition coefficient (Wildman–Crippen LogP) is 3.36. The average molecular weight is 285 g/mol. The molecule has 1 aromatic carbocycles. The van der Waals surface area contributed by atoms with Crippen molar-refractivity contribution in [1.82, 2.24) is 9.78 Å². The number of aromatic nitrogens is 2. The number of benzene rings is 1. The second-order valence-corrected chi connectivity index (χ2v) is 4.28. The Bertz CT molecular complexity index is 564. The topological polar surface area (TPSA) is 44.1 Å². The molecule has 6 heteroatoms. The third-order valence-corrected chi connectivity index (χ3v) is 2.74. The highest BCUT2D eigenvalue weighted by atomic mass is 35.5. The van der Waals surface area contributed by atoms with Crippen molar-refractivity contribution < 1.29 is 9.53 Å². The minimum atomic E-state index is -0.493. The van der Waals surface area contributed by atoms with E-state index in [1.54, 1.807) is 31.2 Å². The first-order valence-electron chi connectivity index (χ1n) is 5.30. The minimum Gasteiger partial charge on any atom is -0.461 e. The number of ether oxygens (including phenoxy) is 1. The van der Waals surface area contributed by atoms with Crippen LogP contribution in [0.2, 0.25) is 10.2 Å². The van der Waals surface area contributed by atoms with Gasteiger partial charge in [-0.05, 0) is 31.2 Å². The summed E-state index contributed by atoms with van der Waals surface area (Å²) in [6.07, 6.45) is 0. The van der Waals surface area contributed by atoms with Crippen molar-refractivity contribution >= 4 is 29.2 Å². The molecule has 0 N–H and O–H groups in total. The Hall–Kier alpha value is -1.52. The van der Waals surface area contributed by atoms with Gasteiger partial charge in [-0.25, -0.2) is 9.48 Å². The lowest BCUT2D eigenvalue weighted by atomic mass is 10.3. The maximum absolute atomic E-state index is 11.5. The third-order valence-electron chi connectivity index (χ3n) is 2.22. The van der Waals surface area contributed by atoms with Gasteiger partial charge in [0.25, 0.3) is 0 Å². The Labute approximate surface area is 114 Å². The Kier molecular flexibility index (Phi) is 3.89. The van der Waals surface area contributed by atoms with Crippen LogP contribution in [0.25, 0.3) is 5.69 Å². The lowest BCUT2D eigenvalue weighted by molar-refractivity contribution is 0.0519. The van der Waals surface area contributed by atoms with Crippen LogP contribution in [-0.4, -0.2) is 22.4 Å². The summed E-state index contributed by atoms with van der Waals surface area (Å²) < 4.78 is 6.31. The van der Waals surface area contributed by atoms with Crippen LogP contribution in [0.3, 0.4) is 0 Å². The Morgan fingerprint density at radius 2 is 2.00 bits per heavy atom. The second kappa shape index (κ2) is 5.42. The largest absolute Gasteiger partial charge is 0.461 e. The molecule has 0 saturated heterocycles. The Morgan fingerprint density at radius 3 is 2.61 bits per heavy atom. The first-order valence-corrected chi connectivity index (χ1v) is 6.06. The molecule has 2 aromatic rings. The van der Waals surface area contributed by atoms with E-state index >= 15 is 0 Å². The summed E-state index contributed by atoms with van der Waals surface area (Å²) in [7, 11) is 0. The molecule has 0 aliphatic carbocycles. The second-order valence-electron chi connectivity index (χ2n) is 3.46. The van der Waals surface area contributed by atoms with Crippen molar-refractivity contribution in [2.24, 2.45) is 0 Å². The number of hydrogen-bond donors (Lipinski definition) is 0. The minimum absolute atomic E-state index is 0.178. The zero-order chi connectivity index (χ0) is 13.1. The van der Waals surface area contributed by atoms with Crippen LogP contribution in [0, 0.1) is 0 Å². The quantitative estimate of drug-likeness (QED) is 0.812. The fourth-order valence-corrected chi connectivity index (χ4v) is 1.79. The molecule has 4 nitrogen and oxygen atoms in total. The fraction of sp³-hybridized carbons (Fsp3) is 0.167. The standard InChI is InChI=1S/C12H10Cl2N2O2/c1-2-18-12(17)10-7-11(14)16(15-10)9-5-3-8(13)4-6-9/h3-7H,2H2,1H3. The maximum atomic E-state index is 11.5.